The quantitative estimate of drug-likeness (QED) is 0.498. The second-order valence-corrected chi connectivity index (χ2v) is 9.81. The molecule has 1 saturated carbocycles. The highest BCUT2D eigenvalue weighted by Crippen LogP contribution is 2.45. The molecule has 1 fully saturated rings. The van der Waals surface area contributed by atoms with Crippen LogP contribution in [0.2, 0.25) is 0 Å². The molecule has 0 amide bonds. The zero-order chi connectivity index (χ0) is 19.1. The lowest BCUT2D eigenvalue weighted by atomic mass is 10.00. The van der Waals surface area contributed by atoms with Crippen molar-refractivity contribution < 1.29 is 4.55 Å². The van der Waals surface area contributed by atoms with Crippen molar-refractivity contribution in [3.63, 3.8) is 0 Å². The van der Waals surface area contributed by atoms with E-state index in [0.29, 0.717) is 5.69 Å². The van der Waals surface area contributed by atoms with Crippen molar-refractivity contribution in [2.75, 3.05) is 5.73 Å². The van der Waals surface area contributed by atoms with E-state index in [0.717, 1.165) is 56.1 Å². The van der Waals surface area contributed by atoms with Crippen LogP contribution in [0.4, 0.5) is 5.69 Å². The summed E-state index contributed by atoms with van der Waals surface area (Å²) < 4.78 is 13.8. The van der Waals surface area contributed by atoms with Crippen molar-refractivity contribution in [1.82, 2.24) is 15.0 Å². The minimum atomic E-state index is -1.07. The first-order chi connectivity index (χ1) is 13.7. The number of anilines is 1. The van der Waals surface area contributed by atoms with Crippen molar-refractivity contribution in [2.45, 2.75) is 28.7 Å². The maximum atomic E-state index is 13.0. The number of thiophene rings is 1. The molecule has 0 radical (unpaired) electrons. The molecule has 3 heterocycles. The largest absolute Gasteiger partial charge is 0.611 e. The summed E-state index contributed by atoms with van der Waals surface area (Å²) in [5, 5.41) is 1.11. The van der Waals surface area contributed by atoms with E-state index in [1.54, 1.807) is 12.4 Å². The van der Waals surface area contributed by atoms with Gasteiger partial charge in [0.25, 0.3) is 0 Å². The zero-order valence-corrected chi connectivity index (χ0v) is 16.7. The highest BCUT2D eigenvalue weighted by molar-refractivity contribution is 7.94. The van der Waals surface area contributed by atoms with Crippen LogP contribution in [-0.2, 0) is 11.2 Å². The van der Waals surface area contributed by atoms with Gasteiger partial charge in [-0.2, -0.15) is 0 Å². The van der Waals surface area contributed by atoms with Gasteiger partial charge in [-0.3, -0.25) is 0 Å². The average Bonchev–Trinajstić information content (AvgIpc) is 3.04. The van der Waals surface area contributed by atoms with E-state index in [-0.39, 0.29) is 5.25 Å². The third kappa shape index (κ3) is 2.96. The van der Waals surface area contributed by atoms with Crippen LogP contribution in [-0.4, -0.2) is 24.8 Å². The third-order valence-electron chi connectivity index (χ3n) is 5.14. The van der Waals surface area contributed by atoms with E-state index >= 15 is 0 Å². The van der Waals surface area contributed by atoms with Crippen LogP contribution in [0.15, 0.2) is 59.3 Å². The van der Waals surface area contributed by atoms with E-state index in [4.69, 9.17) is 10.7 Å². The van der Waals surface area contributed by atoms with Gasteiger partial charge in [-0.25, -0.2) is 15.0 Å². The summed E-state index contributed by atoms with van der Waals surface area (Å²) in [5.74, 6) is 0. The van der Waals surface area contributed by atoms with Gasteiger partial charge < -0.3 is 10.3 Å². The minimum Gasteiger partial charge on any atom is -0.611 e. The Morgan fingerprint density at radius 2 is 1.82 bits per heavy atom. The Bertz CT molecular complexity index is 1130. The highest BCUT2D eigenvalue weighted by Gasteiger charge is 2.35. The molecule has 3 aromatic heterocycles. The Morgan fingerprint density at radius 3 is 2.50 bits per heavy atom. The first-order valence-electron chi connectivity index (χ1n) is 9.17. The zero-order valence-electron chi connectivity index (χ0n) is 15.0. The number of nitrogen functional groups attached to an aromatic ring is 1. The maximum absolute atomic E-state index is 13.0. The van der Waals surface area contributed by atoms with Crippen LogP contribution in [0, 0.1) is 0 Å². The van der Waals surface area contributed by atoms with Gasteiger partial charge in [0.15, 0.2) is 0 Å². The number of hydrogen-bond acceptors (Lipinski definition) is 6. The number of fused-ring (bicyclic) bond motifs is 1. The smallest absolute Gasteiger partial charge is 0.232 e. The van der Waals surface area contributed by atoms with E-state index < -0.39 is 11.2 Å². The van der Waals surface area contributed by atoms with E-state index in [1.807, 2.05) is 24.3 Å². The number of hydrogen-bond donors (Lipinski definition) is 1. The van der Waals surface area contributed by atoms with Crippen LogP contribution in [0.5, 0.6) is 0 Å². The highest BCUT2D eigenvalue weighted by atomic mass is 32.2. The third-order valence-corrected chi connectivity index (χ3v) is 8.44. The van der Waals surface area contributed by atoms with Gasteiger partial charge >= 0.3 is 0 Å². The molecule has 7 heteroatoms. The second-order valence-electron chi connectivity index (χ2n) is 6.88. The summed E-state index contributed by atoms with van der Waals surface area (Å²) in [5.41, 5.74) is 10.8. The predicted octanol–water partition coefficient (Wildman–Crippen LogP) is 4.66. The monoisotopic (exact) mass is 406 g/mol. The molecule has 140 valence electrons. The number of rotatable bonds is 4. The molecular formula is C21H18N4OS2. The summed E-state index contributed by atoms with van der Waals surface area (Å²) in [7, 11) is 0. The molecule has 0 spiro atoms. The molecule has 1 aromatic carbocycles. The molecule has 5 nitrogen and oxygen atoms in total. The standard InChI is InChI=1S/C21H18N4OS2/c22-19-18-16(13-5-2-1-3-6-13)9-17(14-10-23-12-24-11-14)25-20(18)27-21(19)28(26)15-7-4-8-15/h1-3,5-6,9-12,15H,4,7-8,22H2. The lowest BCUT2D eigenvalue weighted by Gasteiger charge is -2.27. The number of nitrogens with two attached hydrogens (primary N) is 1. The van der Waals surface area contributed by atoms with Crippen LogP contribution >= 0.6 is 11.3 Å². The van der Waals surface area contributed by atoms with Gasteiger partial charge in [0.1, 0.15) is 22.1 Å². The number of pyridine rings is 1. The van der Waals surface area contributed by atoms with E-state index in [2.05, 4.69) is 22.1 Å². The summed E-state index contributed by atoms with van der Waals surface area (Å²) >= 11 is 0.378. The number of benzene rings is 1. The van der Waals surface area contributed by atoms with Crippen molar-refractivity contribution in [1.29, 1.82) is 0 Å². The predicted molar refractivity (Wildman–Crippen MR) is 115 cm³/mol. The number of aromatic nitrogens is 3. The molecule has 1 aliphatic carbocycles. The molecule has 0 aliphatic heterocycles. The normalized spacial score (nSPS) is 15.5. The Morgan fingerprint density at radius 1 is 1.07 bits per heavy atom. The van der Waals surface area contributed by atoms with Gasteiger partial charge in [-0.1, -0.05) is 41.7 Å². The topological polar surface area (TPSA) is 87.8 Å². The molecule has 0 saturated heterocycles. The lowest BCUT2D eigenvalue weighted by Crippen LogP contribution is -2.28. The summed E-state index contributed by atoms with van der Waals surface area (Å²) in [6.07, 6.45) is 8.16. The molecule has 2 N–H and O–H groups in total. The molecule has 28 heavy (non-hydrogen) atoms. The van der Waals surface area contributed by atoms with Crippen LogP contribution in [0.25, 0.3) is 32.6 Å². The van der Waals surface area contributed by atoms with E-state index in [9.17, 15) is 4.55 Å². The summed E-state index contributed by atoms with van der Waals surface area (Å²) in [6, 6.07) is 12.1. The van der Waals surface area contributed by atoms with Crippen LogP contribution in [0.3, 0.4) is 0 Å². The SMILES string of the molecule is Nc1c([S+]([O-])C2CCC2)sc2nc(-c3cncnc3)cc(-c3ccccc3)c12. The number of nitrogens with zero attached hydrogens (tertiary/aromatic N) is 3. The Hall–Kier alpha value is -2.48. The van der Waals surface area contributed by atoms with E-state index in [1.165, 1.54) is 17.7 Å². The molecule has 0 bridgehead atoms. The fourth-order valence-corrected chi connectivity index (χ4v) is 6.62. The van der Waals surface area contributed by atoms with Gasteiger partial charge in [0.2, 0.25) is 4.21 Å². The second kappa shape index (κ2) is 7.16. The summed E-state index contributed by atoms with van der Waals surface area (Å²) in [6.45, 7) is 0. The van der Waals surface area contributed by atoms with Crippen LogP contribution in [0.1, 0.15) is 19.3 Å². The Balaban J connectivity index is 1.75. The first kappa shape index (κ1) is 17.6. The molecule has 4 aromatic rings. The maximum Gasteiger partial charge on any atom is 0.232 e. The minimum absolute atomic E-state index is 0.220. The average molecular weight is 407 g/mol. The summed E-state index contributed by atoms with van der Waals surface area (Å²) in [4.78, 5) is 13.9. The van der Waals surface area contributed by atoms with Crippen molar-refractivity contribution in [3.8, 4) is 22.4 Å². The van der Waals surface area contributed by atoms with Gasteiger partial charge in [-0.05, 0) is 36.5 Å². The molecule has 1 atom stereocenters. The Labute approximate surface area is 169 Å². The van der Waals surface area contributed by atoms with Crippen molar-refractivity contribution in [3.05, 3.63) is 55.1 Å². The Kier molecular flexibility index (Phi) is 4.50. The lowest BCUT2D eigenvalue weighted by molar-refractivity contribution is 0.478. The van der Waals surface area contributed by atoms with Crippen LogP contribution < -0.4 is 5.73 Å². The van der Waals surface area contributed by atoms with Gasteiger partial charge in [-0.15, -0.1) is 0 Å². The molecule has 1 aliphatic rings. The van der Waals surface area contributed by atoms with Crippen molar-refractivity contribution in [2.24, 2.45) is 0 Å². The van der Waals surface area contributed by atoms with Gasteiger partial charge in [0, 0.05) is 34.5 Å². The van der Waals surface area contributed by atoms with Gasteiger partial charge in [0.05, 0.1) is 5.69 Å². The molecule has 5 rings (SSSR count). The van der Waals surface area contributed by atoms with Crippen molar-refractivity contribution >= 4 is 38.4 Å². The fourth-order valence-electron chi connectivity index (χ4n) is 3.41. The first-order valence-corrected chi connectivity index (χ1v) is 11.2. The molecule has 1 unspecified atom stereocenters. The molecular weight excluding hydrogens is 388 g/mol. The fraction of sp³-hybridized carbons (Fsp3) is 0.190.